The van der Waals surface area contributed by atoms with E-state index in [1.807, 2.05) is 12.1 Å². The number of aromatic nitrogens is 2. The van der Waals surface area contributed by atoms with Gasteiger partial charge in [-0.2, -0.15) is 9.97 Å². The van der Waals surface area contributed by atoms with Crippen molar-refractivity contribution in [2.75, 3.05) is 38.6 Å². The third kappa shape index (κ3) is 3.95. The van der Waals surface area contributed by atoms with Gasteiger partial charge in [-0.05, 0) is 68.3 Å². The number of benzene rings is 1. The molecule has 0 bridgehead atoms. The highest BCUT2D eigenvalue weighted by molar-refractivity contribution is 9.10. The van der Waals surface area contributed by atoms with Crippen LogP contribution in [-0.2, 0) is 0 Å². The number of rotatable bonds is 4. The molecule has 1 aliphatic heterocycles. The second-order valence-corrected chi connectivity index (χ2v) is 9.24. The fourth-order valence-electron chi connectivity index (χ4n) is 4.28. The van der Waals surface area contributed by atoms with E-state index < -0.39 is 0 Å². The second kappa shape index (κ2) is 8.30. The normalized spacial score (nSPS) is 25.6. The molecule has 8 heteroatoms. The van der Waals surface area contributed by atoms with Crippen molar-refractivity contribution in [2.24, 2.45) is 0 Å². The lowest BCUT2D eigenvalue weighted by atomic mass is 10.1. The molecule has 0 spiro atoms. The monoisotopic (exact) mass is 467 g/mol. The smallest absolute Gasteiger partial charge is 0.319 e. The van der Waals surface area contributed by atoms with Crippen LogP contribution in [0.3, 0.4) is 0 Å². The summed E-state index contributed by atoms with van der Waals surface area (Å²) in [5.74, 6) is 0.905. The third-order valence-corrected chi connectivity index (χ3v) is 7.01. The van der Waals surface area contributed by atoms with Crippen LogP contribution < -0.4 is 15.0 Å². The van der Waals surface area contributed by atoms with Crippen LogP contribution in [-0.4, -0.2) is 66.8 Å². The molecule has 1 saturated carbocycles. The van der Waals surface area contributed by atoms with E-state index in [4.69, 9.17) is 26.3 Å². The van der Waals surface area contributed by atoms with E-state index in [1.165, 1.54) is 6.42 Å². The lowest BCUT2D eigenvalue weighted by molar-refractivity contribution is 0.112. The Bertz CT molecular complexity index is 864. The number of nitrogens with zero attached hydrogens (tertiary/aromatic N) is 4. The first-order valence-electron chi connectivity index (χ1n) is 9.91. The third-order valence-electron chi connectivity index (χ3n) is 5.81. The van der Waals surface area contributed by atoms with E-state index in [9.17, 15) is 0 Å². The average molecular weight is 469 g/mol. The van der Waals surface area contributed by atoms with Gasteiger partial charge < -0.3 is 19.9 Å². The van der Waals surface area contributed by atoms with Crippen LogP contribution in [0.4, 0.5) is 5.82 Å². The summed E-state index contributed by atoms with van der Waals surface area (Å²) in [7, 11) is 4.22. The van der Waals surface area contributed by atoms with E-state index in [-0.39, 0.29) is 6.10 Å². The van der Waals surface area contributed by atoms with Crippen LogP contribution in [0.5, 0.6) is 6.01 Å². The highest BCUT2D eigenvalue weighted by Gasteiger charge is 2.32. The van der Waals surface area contributed by atoms with Gasteiger partial charge in [0.1, 0.15) is 11.9 Å². The summed E-state index contributed by atoms with van der Waals surface area (Å²) in [6.07, 6.45) is 3.47. The Labute approximate surface area is 179 Å². The fourth-order valence-corrected chi connectivity index (χ4v) is 4.78. The number of hydrogen-bond donors (Lipinski definition) is 1. The number of likely N-dealkylation sites (N-methyl/N-ethyl adjacent to an activating group) is 1. The van der Waals surface area contributed by atoms with E-state index >= 15 is 0 Å². The van der Waals surface area contributed by atoms with Gasteiger partial charge in [0.15, 0.2) is 0 Å². The topological polar surface area (TPSA) is 53.5 Å². The maximum Gasteiger partial charge on any atom is 0.319 e. The van der Waals surface area contributed by atoms with Crippen LogP contribution in [0.2, 0.25) is 5.02 Å². The van der Waals surface area contributed by atoms with Crippen LogP contribution >= 0.6 is 27.5 Å². The Balaban J connectivity index is 1.76. The van der Waals surface area contributed by atoms with Crippen molar-refractivity contribution in [3.05, 3.63) is 21.6 Å². The first-order chi connectivity index (χ1) is 13.4. The van der Waals surface area contributed by atoms with Crippen molar-refractivity contribution in [2.45, 2.75) is 44.4 Å². The van der Waals surface area contributed by atoms with Gasteiger partial charge in [0.05, 0.1) is 10.5 Å². The summed E-state index contributed by atoms with van der Waals surface area (Å²) in [6, 6.07) is 5.11. The highest BCUT2D eigenvalue weighted by atomic mass is 79.9. The summed E-state index contributed by atoms with van der Waals surface area (Å²) in [6.45, 7) is 4.96. The zero-order chi connectivity index (χ0) is 19.8. The minimum absolute atomic E-state index is 0.122. The number of nitrogens with one attached hydrogen (secondary N) is 1. The molecule has 2 aromatic rings. The predicted octanol–water partition coefficient (Wildman–Crippen LogP) is 3.71. The number of ether oxygens (including phenoxy) is 1. The molecule has 6 nitrogen and oxygen atoms in total. The van der Waals surface area contributed by atoms with Crippen molar-refractivity contribution in [3.8, 4) is 6.01 Å². The van der Waals surface area contributed by atoms with Crippen LogP contribution in [0.15, 0.2) is 16.6 Å². The molecular weight excluding hydrogens is 442 g/mol. The molecular formula is C20H27BrClN5O. The second-order valence-electron chi connectivity index (χ2n) is 7.98. The van der Waals surface area contributed by atoms with Gasteiger partial charge in [0, 0.05) is 41.6 Å². The molecule has 2 fully saturated rings. The van der Waals surface area contributed by atoms with Gasteiger partial charge in [0.25, 0.3) is 0 Å². The number of fused-ring (bicyclic) bond motifs is 1. The summed E-state index contributed by atoms with van der Waals surface area (Å²) in [5, 5.41) is 5.07. The van der Waals surface area contributed by atoms with Crippen LogP contribution in [0.1, 0.15) is 26.2 Å². The summed E-state index contributed by atoms with van der Waals surface area (Å²) in [4.78, 5) is 14.2. The minimum atomic E-state index is 0.122. The maximum atomic E-state index is 6.40. The average Bonchev–Trinajstić information content (AvgIpc) is 3.11. The Hall–Kier alpha value is -1.15. The van der Waals surface area contributed by atoms with E-state index in [0.29, 0.717) is 23.1 Å². The summed E-state index contributed by atoms with van der Waals surface area (Å²) >= 11 is 9.92. The molecule has 2 aliphatic rings. The van der Waals surface area contributed by atoms with E-state index in [1.54, 1.807) is 0 Å². The molecule has 2 unspecified atom stereocenters. The largest absolute Gasteiger partial charge is 0.458 e. The standard InChI is InChI=1S/C20H27BrClN5O/c1-12-11-23-7-8-27(12)19-13-9-15(22)14(21)10-16(13)24-20(25-19)28-18-6-4-5-17(18)26(2)3/h9-10,12,17-18,23H,4-8,11H2,1-3H3/t12-,17?,18?/m0/s1. The van der Waals surface area contributed by atoms with Crippen molar-refractivity contribution in [1.82, 2.24) is 20.2 Å². The molecule has 3 atom stereocenters. The quantitative estimate of drug-likeness (QED) is 0.738. The zero-order valence-corrected chi connectivity index (χ0v) is 18.9. The van der Waals surface area contributed by atoms with Crippen LogP contribution in [0.25, 0.3) is 10.9 Å². The van der Waals surface area contributed by atoms with Crippen LogP contribution in [0, 0.1) is 0 Å². The molecule has 152 valence electrons. The van der Waals surface area contributed by atoms with Gasteiger partial charge in [-0.3, -0.25) is 0 Å². The lowest BCUT2D eigenvalue weighted by Gasteiger charge is -2.35. The van der Waals surface area contributed by atoms with Crippen molar-refractivity contribution in [1.29, 1.82) is 0 Å². The van der Waals surface area contributed by atoms with Gasteiger partial charge in [-0.15, -0.1) is 0 Å². The number of hydrogen-bond acceptors (Lipinski definition) is 6. The molecule has 0 amide bonds. The van der Waals surface area contributed by atoms with Gasteiger partial charge >= 0.3 is 6.01 Å². The molecule has 4 rings (SSSR count). The van der Waals surface area contributed by atoms with Crippen molar-refractivity contribution < 1.29 is 4.74 Å². The van der Waals surface area contributed by atoms with Crippen molar-refractivity contribution >= 4 is 44.3 Å². The lowest BCUT2D eigenvalue weighted by Crippen LogP contribution is -2.50. The Morgan fingerprint density at radius 2 is 2.11 bits per heavy atom. The number of anilines is 1. The molecule has 1 saturated heterocycles. The SMILES string of the molecule is C[C@H]1CNCCN1c1nc(OC2CCCC2N(C)C)nc2cc(Br)c(Cl)cc12. The van der Waals surface area contributed by atoms with E-state index in [2.05, 4.69) is 52.1 Å². The Morgan fingerprint density at radius 1 is 1.29 bits per heavy atom. The minimum Gasteiger partial charge on any atom is -0.458 e. The maximum absolute atomic E-state index is 6.40. The molecule has 1 aromatic carbocycles. The summed E-state index contributed by atoms with van der Waals surface area (Å²) in [5.41, 5.74) is 0.849. The molecule has 1 aliphatic carbocycles. The summed E-state index contributed by atoms with van der Waals surface area (Å²) < 4.78 is 7.17. The van der Waals surface area contributed by atoms with Gasteiger partial charge in [0.2, 0.25) is 0 Å². The molecule has 0 radical (unpaired) electrons. The predicted molar refractivity (Wildman–Crippen MR) is 118 cm³/mol. The first-order valence-corrected chi connectivity index (χ1v) is 11.1. The molecule has 2 heterocycles. The number of piperazine rings is 1. The van der Waals surface area contributed by atoms with Crippen molar-refractivity contribution in [3.63, 3.8) is 0 Å². The highest BCUT2D eigenvalue weighted by Crippen LogP contribution is 2.35. The van der Waals surface area contributed by atoms with E-state index in [0.717, 1.165) is 53.7 Å². The first kappa shape index (κ1) is 20.1. The molecule has 28 heavy (non-hydrogen) atoms. The Kier molecular flexibility index (Phi) is 5.97. The molecule has 1 N–H and O–H groups in total. The Morgan fingerprint density at radius 3 is 2.86 bits per heavy atom. The number of halogens is 2. The fraction of sp³-hybridized carbons (Fsp3) is 0.600. The zero-order valence-electron chi connectivity index (χ0n) is 16.6. The van der Waals surface area contributed by atoms with Gasteiger partial charge in [-0.25, -0.2) is 0 Å². The van der Waals surface area contributed by atoms with Gasteiger partial charge in [-0.1, -0.05) is 11.6 Å². The molecule has 1 aromatic heterocycles.